The molecule has 1 amide bonds. The fourth-order valence-electron chi connectivity index (χ4n) is 1.41. The van der Waals surface area contributed by atoms with E-state index < -0.39 is 0 Å². The van der Waals surface area contributed by atoms with Gasteiger partial charge in [-0.15, -0.1) is 0 Å². The average molecular weight is 212 g/mol. The number of carbonyl (C=O) groups is 1. The van der Waals surface area contributed by atoms with E-state index >= 15 is 0 Å². The SMILES string of the molecule is CCCC(C)(C)NC(=O)c1nonc1N. The highest BCUT2D eigenvalue weighted by Gasteiger charge is 2.23. The topological polar surface area (TPSA) is 94.0 Å². The molecule has 0 aliphatic carbocycles. The quantitative estimate of drug-likeness (QED) is 0.775. The smallest absolute Gasteiger partial charge is 0.277 e. The minimum atomic E-state index is -0.354. The monoisotopic (exact) mass is 212 g/mol. The van der Waals surface area contributed by atoms with Crippen molar-refractivity contribution in [1.29, 1.82) is 0 Å². The maximum Gasteiger partial charge on any atom is 0.277 e. The molecule has 0 aliphatic heterocycles. The number of amides is 1. The van der Waals surface area contributed by atoms with Crippen LogP contribution in [0.2, 0.25) is 0 Å². The van der Waals surface area contributed by atoms with Gasteiger partial charge in [-0.25, -0.2) is 4.63 Å². The van der Waals surface area contributed by atoms with Crippen LogP contribution in [0.25, 0.3) is 0 Å². The summed E-state index contributed by atoms with van der Waals surface area (Å²) in [5.41, 5.74) is 5.17. The van der Waals surface area contributed by atoms with Crippen molar-refractivity contribution in [3.63, 3.8) is 0 Å². The average Bonchev–Trinajstić information content (AvgIpc) is 2.50. The first-order valence-electron chi connectivity index (χ1n) is 4.87. The number of nitrogens with one attached hydrogen (secondary N) is 1. The van der Waals surface area contributed by atoms with Crippen LogP contribution in [0, 0.1) is 0 Å². The van der Waals surface area contributed by atoms with Gasteiger partial charge in [0.25, 0.3) is 5.91 Å². The number of nitrogen functional groups attached to an aromatic ring is 1. The van der Waals surface area contributed by atoms with Crippen LogP contribution < -0.4 is 11.1 Å². The zero-order chi connectivity index (χ0) is 11.5. The molecular formula is C9H16N4O2. The summed E-state index contributed by atoms with van der Waals surface area (Å²) in [6.07, 6.45) is 1.86. The van der Waals surface area contributed by atoms with E-state index in [1.165, 1.54) is 0 Å². The third-order valence-corrected chi connectivity index (χ3v) is 2.06. The molecule has 0 bridgehead atoms. The van der Waals surface area contributed by atoms with Crippen molar-refractivity contribution in [3.8, 4) is 0 Å². The molecule has 0 saturated carbocycles. The molecular weight excluding hydrogens is 196 g/mol. The Kier molecular flexibility index (Phi) is 3.28. The van der Waals surface area contributed by atoms with Gasteiger partial charge in [-0.05, 0) is 30.6 Å². The maximum atomic E-state index is 11.7. The van der Waals surface area contributed by atoms with Gasteiger partial charge in [0.1, 0.15) is 0 Å². The lowest BCUT2D eigenvalue weighted by molar-refractivity contribution is 0.0899. The Balaban J connectivity index is 2.68. The summed E-state index contributed by atoms with van der Waals surface area (Å²) in [4.78, 5) is 11.7. The molecule has 0 spiro atoms. The van der Waals surface area contributed by atoms with E-state index in [1.54, 1.807) is 0 Å². The number of nitrogens with two attached hydrogens (primary N) is 1. The molecule has 0 fully saturated rings. The Hall–Kier alpha value is -1.59. The fraction of sp³-hybridized carbons (Fsp3) is 0.667. The molecule has 6 heteroatoms. The van der Waals surface area contributed by atoms with Crippen molar-refractivity contribution < 1.29 is 9.42 Å². The Labute approximate surface area is 88.2 Å². The number of hydrogen-bond donors (Lipinski definition) is 2. The first kappa shape index (κ1) is 11.5. The lowest BCUT2D eigenvalue weighted by Crippen LogP contribution is -2.43. The highest BCUT2D eigenvalue weighted by molar-refractivity contribution is 5.96. The molecule has 1 aromatic rings. The van der Waals surface area contributed by atoms with Gasteiger partial charge in [0, 0.05) is 5.54 Å². The summed E-state index contributed by atoms with van der Waals surface area (Å²) in [5.74, 6) is -0.341. The molecule has 84 valence electrons. The van der Waals surface area contributed by atoms with E-state index in [0.29, 0.717) is 0 Å². The van der Waals surface area contributed by atoms with Crippen LogP contribution in [0.3, 0.4) is 0 Å². The Bertz CT molecular complexity index is 346. The summed E-state index contributed by atoms with van der Waals surface area (Å²) < 4.78 is 4.36. The van der Waals surface area contributed by atoms with E-state index in [4.69, 9.17) is 5.73 Å². The molecule has 1 rings (SSSR count). The molecule has 0 radical (unpaired) electrons. The first-order valence-corrected chi connectivity index (χ1v) is 4.87. The molecule has 1 heterocycles. The number of rotatable bonds is 4. The number of carbonyl (C=O) groups excluding carboxylic acids is 1. The number of aromatic nitrogens is 2. The summed E-state index contributed by atoms with van der Waals surface area (Å²) in [7, 11) is 0. The molecule has 6 nitrogen and oxygen atoms in total. The van der Waals surface area contributed by atoms with Gasteiger partial charge in [-0.3, -0.25) is 4.79 Å². The van der Waals surface area contributed by atoms with E-state index in [9.17, 15) is 4.79 Å². The highest BCUT2D eigenvalue weighted by Crippen LogP contribution is 2.13. The summed E-state index contributed by atoms with van der Waals surface area (Å²) in [6.45, 7) is 5.94. The minimum absolute atomic E-state index is 0.0137. The van der Waals surface area contributed by atoms with E-state index in [0.717, 1.165) is 12.8 Å². The third kappa shape index (κ3) is 2.93. The van der Waals surface area contributed by atoms with Gasteiger partial charge in [-0.1, -0.05) is 13.3 Å². The van der Waals surface area contributed by atoms with Crippen LogP contribution in [-0.2, 0) is 0 Å². The second kappa shape index (κ2) is 4.29. The lowest BCUT2D eigenvalue weighted by atomic mass is 9.99. The van der Waals surface area contributed by atoms with E-state index in [-0.39, 0.29) is 23.0 Å². The second-order valence-electron chi connectivity index (χ2n) is 4.09. The van der Waals surface area contributed by atoms with Crippen LogP contribution in [0.15, 0.2) is 4.63 Å². The van der Waals surface area contributed by atoms with Crippen molar-refractivity contribution in [2.75, 3.05) is 5.73 Å². The summed E-state index contributed by atoms with van der Waals surface area (Å²) >= 11 is 0. The number of hydrogen-bond acceptors (Lipinski definition) is 5. The standard InChI is InChI=1S/C9H16N4O2/c1-4-5-9(2,3)11-8(14)6-7(10)13-15-12-6/h4-5H2,1-3H3,(H2,10,13)(H,11,14). The zero-order valence-electron chi connectivity index (χ0n) is 9.20. The maximum absolute atomic E-state index is 11.7. The largest absolute Gasteiger partial charge is 0.379 e. The predicted octanol–water partition coefficient (Wildman–Crippen LogP) is 0.960. The predicted molar refractivity (Wildman–Crippen MR) is 55.2 cm³/mol. The van der Waals surface area contributed by atoms with Crippen LogP contribution in [-0.4, -0.2) is 21.8 Å². The van der Waals surface area contributed by atoms with Crippen LogP contribution in [0.5, 0.6) is 0 Å². The van der Waals surface area contributed by atoms with Gasteiger partial charge < -0.3 is 11.1 Å². The van der Waals surface area contributed by atoms with E-state index in [1.807, 2.05) is 13.8 Å². The Morgan fingerprint density at radius 1 is 1.53 bits per heavy atom. The Morgan fingerprint density at radius 2 is 2.20 bits per heavy atom. The fourth-order valence-corrected chi connectivity index (χ4v) is 1.41. The van der Waals surface area contributed by atoms with Crippen molar-refractivity contribution >= 4 is 11.7 Å². The molecule has 1 aromatic heterocycles. The second-order valence-corrected chi connectivity index (χ2v) is 4.09. The molecule has 15 heavy (non-hydrogen) atoms. The van der Waals surface area contributed by atoms with Crippen LogP contribution in [0.1, 0.15) is 44.1 Å². The van der Waals surface area contributed by atoms with Crippen LogP contribution in [0.4, 0.5) is 5.82 Å². The van der Waals surface area contributed by atoms with Crippen molar-refractivity contribution in [3.05, 3.63) is 5.69 Å². The minimum Gasteiger partial charge on any atom is -0.379 e. The highest BCUT2D eigenvalue weighted by atomic mass is 16.6. The third-order valence-electron chi connectivity index (χ3n) is 2.06. The Morgan fingerprint density at radius 3 is 2.67 bits per heavy atom. The van der Waals surface area contributed by atoms with Crippen molar-refractivity contribution in [2.45, 2.75) is 39.2 Å². The molecule has 0 aromatic carbocycles. The van der Waals surface area contributed by atoms with Crippen molar-refractivity contribution in [1.82, 2.24) is 15.6 Å². The van der Waals surface area contributed by atoms with E-state index in [2.05, 4.69) is 27.2 Å². The van der Waals surface area contributed by atoms with Gasteiger partial charge in [-0.2, -0.15) is 0 Å². The van der Waals surface area contributed by atoms with Gasteiger partial charge in [0.05, 0.1) is 0 Å². The molecule has 0 unspecified atom stereocenters. The van der Waals surface area contributed by atoms with Crippen molar-refractivity contribution in [2.24, 2.45) is 0 Å². The molecule has 3 N–H and O–H groups in total. The number of anilines is 1. The summed E-state index contributed by atoms with van der Waals surface area (Å²) in [5, 5.41) is 9.60. The lowest BCUT2D eigenvalue weighted by Gasteiger charge is -2.24. The van der Waals surface area contributed by atoms with Gasteiger partial charge in [0.15, 0.2) is 0 Å². The normalized spacial score (nSPS) is 11.4. The van der Waals surface area contributed by atoms with Crippen LogP contribution >= 0.6 is 0 Å². The van der Waals surface area contributed by atoms with Gasteiger partial charge in [0.2, 0.25) is 11.5 Å². The first-order chi connectivity index (χ1) is 6.96. The molecule has 0 saturated heterocycles. The summed E-state index contributed by atoms with van der Waals surface area (Å²) in [6, 6.07) is 0. The zero-order valence-corrected chi connectivity index (χ0v) is 9.20. The number of nitrogens with zero attached hydrogens (tertiary/aromatic N) is 2. The molecule has 0 atom stereocenters. The van der Waals surface area contributed by atoms with Gasteiger partial charge >= 0.3 is 0 Å². The molecule has 0 aliphatic rings.